The molecule has 3 heterocycles. The molecule has 1 aromatic heterocycles. The standard InChI is InChI=1S/C50H85N9O10/c1-15-31(3)50(11)43(59(47(65)69-50)22-17-16-21-58-29-38(55-56-58)35-19-18-20-36(51)23-35)34(6)52-26-30(2)25-49(10,66-14)44(32(4)41(61)33(5)45(63)64)68-46-42(62)39(57(12)13)24-37(67-46)27-53-40(60)28-54-48(7,8)9/h18-20,23,29-34,37,39,42-44,46,52,54,62H,15-17,21-22,24-28,51H2,1-14H3,(H,53,60)(H,63,64)/t30-,31-,32+,33-,34-,37?,39?,42?,43-,44-,46+,49-,50-/m1/s1. The maximum Gasteiger partial charge on any atom is 0.410 e. The Morgan fingerprint density at radius 3 is 2.38 bits per heavy atom. The van der Waals surface area contributed by atoms with Crippen LogP contribution in [0, 0.1) is 23.7 Å². The number of ketones is 1. The van der Waals surface area contributed by atoms with E-state index in [1.807, 2.05) is 95.9 Å². The predicted octanol–water partition coefficient (Wildman–Crippen LogP) is 4.56. The number of nitrogens with zero attached hydrogens (tertiary/aromatic N) is 5. The lowest BCUT2D eigenvalue weighted by Gasteiger charge is -2.47. The molecule has 2 aromatic rings. The summed E-state index contributed by atoms with van der Waals surface area (Å²) in [6.07, 6.45) is 0.520. The van der Waals surface area contributed by atoms with Crippen molar-refractivity contribution in [3.8, 4) is 11.3 Å². The Morgan fingerprint density at radius 1 is 1.09 bits per heavy atom. The number of rotatable bonds is 27. The topological polar surface area (TPSA) is 245 Å². The Bertz CT molecular complexity index is 2000. The first-order chi connectivity index (χ1) is 32.2. The molecule has 0 saturated carbocycles. The van der Waals surface area contributed by atoms with Crippen molar-refractivity contribution in [2.24, 2.45) is 23.7 Å². The predicted molar refractivity (Wildman–Crippen MR) is 264 cm³/mol. The average Bonchev–Trinajstić information content (AvgIpc) is 3.87. The first-order valence-electron chi connectivity index (χ1n) is 24.7. The number of methoxy groups -OCH3 is 1. The van der Waals surface area contributed by atoms with Gasteiger partial charge >= 0.3 is 12.1 Å². The van der Waals surface area contributed by atoms with Crippen molar-refractivity contribution in [2.75, 3.05) is 53.1 Å². The van der Waals surface area contributed by atoms with Crippen molar-refractivity contribution >= 4 is 29.4 Å². The molecule has 0 aliphatic carbocycles. The molecule has 0 bridgehead atoms. The lowest BCUT2D eigenvalue weighted by atomic mass is 9.78. The second kappa shape index (κ2) is 24.7. The van der Waals surface area contributed by atoms with E-state index in [-0.39, 0.29) is 54.5 Å². The number of Topliss-reactive ketones (excluding diaryl/α,β-unsaturated/α-hetero) is 1. The number of cyclic esters (lactones) is 1. The third-order valence-electron chi connectivity index (χ3n) is 14.4. The number of amides is 2. The first kappa shape index (κ1) is 57.3. The van der Waals surface area contributed by atoms with Crippen LogP contribution in [0.15, 0.2) is 30.5 Å². The highest BCUT2D eigenvalue weighted by Gasteiger charge is 2.55. The van der Waals surface area contributed by atoms with Crippen LogP contribution in [0.3, 0.4) is 0 Å². The number of benzene rings is 1. The van der Waals surface area contributed by atoms with Crippen molar-refractivity contribution in [3.63, 3.8) is 0 Å². The van der Waals surface area contributed by atoms with Crippen LogP contribution in [-0.2, 0) is 39.9 Å². The largest absolute Gasteiger partial charge is 0.481 e. The number of carboxylic acid groups (broad SMARTS) is 1. The van der Waals surface area contributed by atoms with Crippen molar-refractivity contribution in [2.45, 2.75) is 174 Å². The molecule has 19 nitrogen and oxygen atoms in total. The van der Waals surface area contributed by atoms with E-state index in [0.29, 0.717) is 44.6 Å². The minimum Gasteiger partial charge on any atom is -0.481 e. The van der Waals surface area contributed by atoms with E-state index in [2.05, 4.69) is 47.0 Å². The van der Waals surface area contributed by atoms with Gasteiger partial charge in [-0.25, -0.2) is 4.79 Å². The summed E-state index contributed by atoms with van der Waals surface area (Å²) in [6, 6.07) is 6.58. The molecule has 2 saturated heterocycles. The van der Waals surface area contributed by atoms with Gasteiger partial charge in [0, 0.05) is 61.5 Å². The zero-order chi connectivity index (χ0) is 51.6. The van der Waals surface area contributed by atoms with Gasteiger partial charge in [0.15, 0.2) is 12.1 Å². The van der Waals surface area contributed by atoms with Crippen molar-refractivity contribution in [1.29, 1.82) is 0 Å². The molecule has 19 heteroatoms. The number of hydrogen-bond acceptors (Lipinski definition) is 15. The number of aliphatic carboxylic acids is 1. The number of unbranched alkanes of at least 4 members (excludes halogenated alkanes) is 1. The Hall–Kier alpha value is -4.24. The fraction of sp³-hybridized carbons (Fsp3) is 0.760. The number of carbonyl (C=O) groups is 4. The van der Waals surface area contributed by atoms with Crippen LogP contribution < -0.4 is 21.7 Å². The normalized spacial score (nSPS) is 25.6. The number of likely N-dealkylation sites (N-methyl/N-ethyl adjacent to an activating group) is 1. The summed E-state index contributed by atoms with van der Waals surface area (Å²) in [5.74, 6) is -4.42. The van der Waals surface area contributed by atoms with Crippen LogP contribution in [0.1, 0.15) is 108 Å². The van der Waals surface area contributed by atoms with Gasteiger partial charge in [-0.05, 0) is 125 Å². The quantitative estimate of drug-likeness (QED) is 0.0408. The summed E-state index contributed by atoms with van der Waals surface area (Å²) in [7, 11) is 5.20. The molecule has 7 N–H and O–H groups in total. The number of aromatic nitrogens is 3. The number of nitrogen functional groups attached to an aromatic ring is 1. The zero-order valence-electron chi connectivity index (χ0n) is 43.8. The number of nitrogens with one attached hydrogen (secondary N) is 3. The summed E-state index contributed by atoms with van der Waals surface area (Å²) < 4.78 is 27.4. The van der Waals surface area contributed by atoms with Gasteiger partial charge < -0.3 is 55.7 Å². The molecule has 0 spiro atoms. The van der Waals surface area contributed by atoms with Crippen molar-refractivity contribution in [1.82, 2.24) is 40.7 Å². The highest BCUT2D eigenvalue weighted by molar-refractivity contribution is 5.99. The average molecular weight is 972 g/mol. The van der Waals surface area contributed by atoms with Gasteiger partial charge in [-0.15, -0.1) is 5.10 Å². The lowest BCUT2D eigenvalue weighted by Crippen LogP contribution is -2.60. The van der Waals surface area contributed by atoms with Gasteiger partial charge in [-0.1, -0.05) is 45.0 Å². The number of aliphatic hydroxyl groups excluding tert-OH is 1. The highest BCUT2D eigenvalue weighted by Crippen LogP contribution is 2.40. The molecule has 1 aromatic carbocycles. The van der Waals surface area contributed by atoms with Crippen LogP contribution in [0.5, 0.6) is 0 Å². The van der Waals surface area contributed by atoms with E-state index in [0.717, 1.165) is 24.1 Å². The summed E-state index contributed by atoms with van der Waals surface area (Å²) in [6.45, 7) is 22.9. The van der Waals surface area contributed by atoms with Gasteiger partial charge in [0.2, 0.25) is 5.91 Å². The van der Waals surface area contributed by atoms with E-state index >= 15 is 0 Å². The molecule has 4 rings (SSSR count). The van der Waals surface area contributed by atoms with Crippen LogP contribution in [-0.4, -0.2) is 166 Å². The van der Waals surface area contributed by atoms with E-state index in [4.69, 9.17) is 24.7 Å². The van der Waals surface area contributed by atoms with E-state index in [1.165, 1.54) is 14.0 Å². The van der Waals surface area contributed by atoms with Crippen molar-refractivity contribution < 1.29 is 48.3 Å². The lowest BCUT2D eigenvalue weighted by molar-refractivity contribution is -0.296. The molecule has 2 aliphatic heterocycles. The number of anilines is 1. The highest BCUT2D eigenvalue weighted by atomic mass is 16.7. The molecule has 13 atom stereocenters. The molecule has 2 aliphatic rings. The molecule has 3 unspecified atom stereocenters. The number of ether oxygens (including phenoxy) is 4. The van der Waals surface area contributed by atoms with E-state index in [9.17, 15) is 29.4 Å². The third kappa shape index (κ3) is 15.1. The fourth-order valence-corrected chi connectivity index (χ4v) is 9.81. The summed E-state index contributed by atoms with van der Waals surface area (Å²) >= 11 is 0. The maximum absolute atomic E-state index is 13.9. The molecule has 390 valence electrons. The number of hydrogen-bond donors (Lipinski definition) is 6. The van der Waals surface area contributed by atoms with Crippen LogP contribution in [0.2, 0.25) is 0 Å². The van der Waals surface area contributed by atoms with Crippen molar-refractivity contribution in [3.05, 3.63) is 30.5 Å². The monoisotopic (exact) mass is 972 g/mol. The van der Waals surface area contributed by atoms with Gasteiger partial charge in [0.05, 0.1) is 36.6 Å². The van der Waals surface area contributed by atoms with Gasteiger partial charge in [-0.2, -0.15) is 0 Å². The maximum atomic E-state index is 13.9. The SMILES string of the molecule is CC[C@@H](C)[C@@]1(C)OC(=O)N(CCCCn2cc(-c3cccc(N)c3)nn2)[C@@H]1[C@@H](C)NC[C@H](C)C[C@@](C)(OC)[C@H](O[C@@H]1OC(CNC(=O)CNC(C)(C)C)CC(N(C)C)C1O)[C@@H](C)C(=O)[C@@H](C)C(=O)O. The molecular weight excluding hydrogens is 887 g/mol. The fourth-order valence-electron chi connectivity index (χ4n) is 9.81. The number of nitrogens with two attached hydrogens (primary N) is 1. The Balaban J connectivity index is 1.50. The van der Waals surface area contributed by atoms with Crippen LogP contribution in [0.4, 0.5) is 10.5 Å². The molecule has 2 amide bonds. The second-order valence-corrected chi connectivity index (χ2v) is 21.3. The molecule has 69 heavy (non-hydrogen) atoms. The van der Waals surface area contributed by atoms with Gasteiger partial charge in [0.25, 0.3) is 0 Å². The van der Waals surface area contributed by atoms with E-state index < -0.39 is 65.4 Å². The van der Waals surface area contributed by atoms with E-state index in [1.54, 1.807) is 11.6 Å². The Morgan fingerprint density at radius 2 is 1.77 bits per heavy atom. The Kier molecular flexibility index (Phi) is 20.6. The summed E-state index contributed by atoms with van der Waals surface area (Å²) in [4.78, 5) is 56.2. The molecular formula is C50H85N9O10. The second-order valence-electron chi connectivity index (χ2n) is 21.3. The smallest absolute Gasteiger partial charge is 0.410 e. The third-order valence-corrected chi connectivity index (χ3v) is 14.4. The van der Waals surface area contributed by atoms with Gasteiger partial charge in [0.1, 0.15) is 23.3 Å². The Labute approximate surface area is 410 Å². The zero-order valence-corrected chi connectivity index (χ0v) is 43.8. The minimum atomic E-state index is -1.34. The molecule has 2 fully saturated rings. The molecule has 0 radical (unpaired) electrons. The van der Waals surface area contributed by atoms with Crippen LogP contribution in [0.25, 0.3) is 11.3 Å². The van der Waals surface area contributed by atoms with Gasteiger partial charge in [-0.3, -0.25) is 24.0 Å². The number of aliphatic hydroxyl groups is 1. The number of aryl methyl sites for hydroxylation is 1. The van der Waals surface area contributed by atoms with Crippen LogP contribution >= 0.6 is 0 Å². The minimum absolute atomic E-state index is 0.0615. The number of carboxylic acids is 1. The number of carbonyl (C=O) groups excluding carboxylic acids is 3. The summed E-state index contributed by atoms with van der Waals surface area (Å²) in [5.41, 5.74) is 6.03. The summed E-state index contributed by atoms with van der Waals surface area (Å²) in [5, 5.41) is 40.1. The first-order valence-corrected chi connectivity index (χ1v) is 24.7.